The summed E-state index contributed by atoms with van der Waals surface area (Å²) in [5, 5.41) is 7.65. The fraction of sp³-hybridized carbons (Fsp3) is 0.571. The second-order valence-electron chi connectivity index (χ2n) is 5.16. The van der Waals surface area contributed by atoms with Crippen molar-refractivity contribution in [2.75, 3.05) is 13.1 Å². The third kappa shape index (κ3) is 3.04. The first kappa shape index (κ1) is 12.4. The molecule has 2 aromatic rings. The molecule has 0 atom stereocenters. The molecule has 0 amide bonds. The van der Waals surface area contributed by atoms with Gasteiger partial charge in [0, 0.05) is 43.3 Å². The van der Waals surface area contributed by atoms with Gasteiger partial charge in [-0.1, -0.05) is 0 Å². The SMILES string of the molecule is c1cnn(CCCn2cncc2C2CCNCC2)c1. The lowest BCUT2D eigenvalue weighted by Crippen LogP contribution is -2.27. The first-order valence-electron chi connectivity index (χ1n) is 7.11. The quantitative estimate of drug-likeness (QED) is 0.888. The molecule has 102 valence electrons. The van der Waals surface area contributed by atoms with Gasteiger partial charge in [-0.2, -0.15) is 5.10 Å². The summed E-state index contributed by atoms with van der Waals surface area (Å²) < 4.78 is 4.31. The number of nitrogens with one attached hydrogen (secondary N) is 1. The van der Waals surface area contributed by atoms with E-state index in [1.165, 1.54) is 18.5 Å². The number of aromatic nitrogens is 4. The summed E-state index contributed by atoms with van der Waals surface area (Å²) in [6.45, 7) is 4.25. The summed E-state index contributed by atoms with van der Waals surface area (Å²) in [5.74, 6) is 0.674. The minimum Gasteiger partial charge on any atom is -0.334 e. The second kappa shape index (κ2) is 6.02. The van der Waals surface area contributed by atoms with Gasteiger partial charge in [0.25, 0.3) is 0 Å². The zero-order chi connectivity index (χ0) is 12.9. The molecule has 1 fully saturated rings. The van der Waals surface area contributed by atoms with E-state index in [2.05, 4.69) is 20.0 Å². The molecule has 0 spiro atoms. The van der Waals surface area contributed by atoms with Gasteiger partial charge in [0.05, 0.1) is 6.33 Å². The molecule has 5 heteroatoms. The largest absolute Gasteiger partial charge is 0.334 e. The number of aryl methyl sites for hydroxylation is 2. The monoisotopic (exact) mass is 259 g/mol. The van der Waals surface area contributed by atoms with Crippen LogP contribution in [-0.2, 0) is 13.1 Å². The zero-order valence-electron chi connectivity index (χ0n) is 11.2. The van der Waals surface area contributed by atoms with Crippen molar-refractivity contribution in [3.8, 4) is 0 Å². The predicted octanol–water partition coefficient (Wildman–Crippen LogP) is 1.64. The Hall–Kier alpha value is -1.62. The molecule has 0 saturated carbocycles. The van der Waals surface area contributed by atoms with E-state index in [-0.39, 0.29) is 0 Å². The van der Waals surface area contributed by atoms with Crippen LogP contribution in [0.25, 0.3) is 0 Å². The molecule has 19 heavy (non-hydrogen) atoms. The van der Waals surface area contributed by atoms with Crippen LogP contribution in [0.15, 0.2) is 31.0 Å². The Bertz CT molecular complexity index is 482. The Morgan fingerprint density at radius 2 is 2.16 bits per heavy atom. The van der Waals surface area contributed by atoms with E-state index in [4.69, 9.17) is 0 Å². The van der Waals surface area contributed by atoms with Crippen molar-refractivity contribution in [3.63, 3.8) is 0 Å². The van der Waals surface area contributed by atoms with Crippen LogP contribution < -0.4 is 5.32 Å². The van der Waals surface area contributed by atoms with Gasteiger partial charge >= 0.3 is 0 Å². The predicted molar refractivity (Wildman–Crippen MR) is 73.9 cm³/mol. The third-order valence-electron chi connectivity index (χ3n) is 3.85. The minimum atomic E-state index is 0.674. The van der Waals surface area contributed by atoms with Crippen LogP contribution in [0.4, 0.5) is 0 Å². The Kier molecular flexibility index (Phi) is 3.93. The molecule has 0 unspecified atom stereocenters. The smallest absolute Gasteiger partial charge is 0.0948 e. The van der Waals surface area contributed by atoms with Gasteiger partial charge in [0.1, 0.15) is 0 Å². The maximum Gasteiger partial charge on any atom is 0.0948 e. The Balaban J connectivity index is 1.57. The molecule has 3 rings (SSSR count). The lowest BCUT2D eigenvalue weighted by Gasteiger charge is -2.23. The van der Waals surface area contributed by atoms with Crippen molar-refractivity contribution in [2.45, 2.75) is 38.3 Å². The van der Waals surface area contributed by atoms with E-state index in [1.54, 1.807) is 0 Å². The van der Waals surface area contributed by atoms with Crippen molar-refractivity contribution in [2.24, 2.45) is 0 Å². The van der Waals surface area contributed by atoms with Crippen LogP contribution in [0.2, 0.25) is 0 Å². The fourth-order valence-corrected chi connectivity index (χ4v) is 2.81. The normalized spacial score (nSPS) is 16.8. The average Bonchev–Trinajstić information content (AvgIpc) is 3.11. The Morgan fingerprint density at radius 3 is 2.95 bits per heavy atom. The van der Waals surface area contributed by atoms with Gasteiger partial charge in [0.15, 0.2) is 0 Å². The zero-order valence-corrected chi connectivity index (χ0v) is 11.2. The molecule has 0 radical (unpaired) electrons. The van der Waals surface area contributed by atoms with Crippen LogP contribution in [0.5, 0.6) is 0 Å². The Morgan fingerprint density at radius 1 is 1.26 bits per heavy atom. The maximum absolute atomic E-state index is 4.33. The van der Waals surface area contributed by atoms with Gasteiger partial charge in [-0.3, -0.25) is 4.68 Å². The van der Waals surface area contributed by atoms with Crippen molar-refractivity contribution in [3.05, 3.63) is 36.7 Å². The molecule has 1 saturated heterocycles. The van der Waals surface area contributed by atoms with E-state index in [0.29, 0.717) is 5.92 Å². The highest BCUT2D eigenvalue weighted by Crippen LogP contribution is 2.24. The summed E-state index contributed by atoms with van der Waals surface area (Å²) >= 11 is 0. The molecular formula is C14H21N5. The first-order chi connectivity index (χ1) is 9.43. The minimum absolute atomic E-state index is 0.674. The lowest BCUT2D eigenvalue weighted by atomic mass is 9.95. The number of hydrogen-bond acceptors (Lipinski definition) is 3. The van der Waals surface area contributed by atoms with Gasteiger partial charge in [-0.05, 0) is 38.4 Å². The van der Waals surface area contributed by atoms with E-state index in [0.717, 1.165) is 32.6 Å². The van der Waals surface area contributed by atoms with Crippen molar-refractivity contribution in [1.29, 1.82) is 0 Å². The molecule has 0 aromatic carbocycles. The number of rotatable bonds is 5. The van der Waals surface area contributed by atoms with E-state index < -0.39 is 0 Å². The summed E-state index contributed by atoms with van der Waals surface area (Å²) in [6.07, 6.45) is 11.4. The van der Waals surface area contributed by atoms with Gasteiger partial charge in [-0.15, -0.1) is 0 Å². The fourth-order valence-electron chi connectivity index (χ4n) is 2.81. The topological polar surface area (TPSA) is 47.7 Å². The van der Waals surface area contributed by atoms with Crippen molar-refractivity contribution < 1.29 is 0 Å². The molecular weight excluding hydrogens is 238 g/mol. The molecule has 1 N–H and O–H groups in total. The van der Waals surface area contributed by atoms with Crippen LogP contribution in [-0.4, -0.2) is 32.4 Å². The molecule has 0 aliphatic carbocycles. The molecule has 1 aliphatic heterocycles. The standard InChI is InChI=1S/C14H21N5/c1-5-17-19(9-1)10-2-8-18-12-16-11-14(18)13-3-6-15-7-4-13/h1,5,9,11-13,15H,2-4,6-8,10H2. The molecule has 3 heterocycles. The molecule has 1 aliphatic rings. The van der Waals surface area contributed by atoms with E-state index in [1.807, 2.05) is 35.7 Å². The second-order valence-corrected chi connectivity index (χ2v) is 5.16. The summed E-state index contributed by atoms with van der Waals surface area (Å²) in [4.78, 5) is 4.33. The van der Waals surface area contributed by atoms with E-state index in [9.17, 15) is 0 Å². The van der Waals surface area contributed by atoms with Gasteiger partial charge in [-0.25, -0.2) is 4.98 Å². The number of imidazole rings is 1. The summed E-state index contributed by atoms with van der Waals surface area (Å²) in [5.41, 5.74) is 1.40. The third-order valence-corrected chi connectivity index (χ3v) is 3.85. The van der Waals surface area contributed by atoms with E-state index >= 15 is 0 Å². The van der Waals surface area contributed by atoms with Crippen LogP contribution in [0, 0.1) is 0 Å². The highest BCUT2D eigenvalue weighted by Gasteiger charge is 2.18. The molecule has 5 nitrogen and oxygen atoms in total. The maximum atomic E-state index is 4.33. The van der Waals surface area contributed by atoms with Crippen LogP contribution >= 0.6 is 0 Å². The summed E-state index contributed by atoms with van der Waals surface area (Å²) in [6, 6.07) is 1.97. The average molecular weight is 259 g/mol. The lowest BCUT2D eigenvalue weighted by molar-refractivity contribution is 0.431. The summed E-state index contributed by atoms with van der Waals surface area (Å²) in [7, 11) is 0. The number of piperidine rings is 1. The molecule has 2 aromatic heterocycles. The Labute approximate surface area is 113 Å². The van der Waals surface area contributed by atoms with Crippen LogP contribution in [0.1, 0.15) is 30.9 Å². The van der Waals surface area contributed by atoms with Gasteiger partial charge in [0.2, 0.25) is 0 Å². The first-order valence-corrected chi connectivity index (χ1v) is 7.11. The van der Waals surface area contributed by atoms with Gasteiger partial charge < -0.3 is 9.88 Å². The number of hydrogen-bond donors (Lipinski definition) is 1. The van der Waals surface area contributed by atoms with Crippen LogP contribution in [0.3, 0.4) is 0 Å². The highest BCUT2D eigenvalue weighted by atomic mass is 15.3. The molecule has 0 bridgehead atoms. The highest BCUT2D eigenvalue weighted by molar-refractivity contribution is 5.07. The number of nitrogens with zero attached hydrogens (tertiary/aromatic N) is 4. The van der Waals surface area contributed by atoms with Crippen molar-refractivity contribution >= 4 is 0 Å². The van der Waals surface area contributed by atoms with Crippen molar-refractivity contribution in [1.82, 2.24) is 24.6 Å².